The molecule has 0 radical (unpaired) electrons. The first-order chi connectivity index (χ1) is 10.0. The zero-order valence-electron chi connectivity index (χ0n) is 10.8. The maximum Gasteiger partial charge on any atom is 0.255 e. The number of rotatable bonds is 4. The van der Waals surface area contributed by atoms with Gasteiger partial charge in [-0.05, 0) is 17.7 Å². The van der Waals surface area contributed by atoms with E-state index in [1.165, 1.54) is 12.1 Å². The van der Waals surface area contributed by atoms with Crippen molar-refractivity contribution >= 4 is 23.1 Å². The minimum Gasteiger partial charge on any atom is -0.391 e. The van der Waals surface area contributed by atoms with E-state index < -0.39 is 29.1 Å². The molecule has 0 saturated carbocycles. The first kappa shape index (κ1) is 15.1. The SMILES string of the molecule is NC(=S)C(NC(=O)c1cccc(F)c1F)c1ccccc1. The average molecular weight is 306 g/mol. The Morgan fingerprint density at radius 2 is 1.76 bits per heavy atom. The average Bonchev–Trinajstić information content (AvgIpc) is 2.48. The summed E-state index contributed by atoms with van der Waals surface area (Å²) >= 11 is 4.92. The highest BCUT2D eigenvalue weighted by Crippen LogP contribution is 2.16. The van der Waals surface area contributed by atoms with Crippen LogP contribution >= 0.6 is 12.2 Å². The maximum absolute atomic E-state index is 13.6. The van der Waals surface area contributed by atoms with Crippen LogP contribution in [-0.4, -0.2) is 10.9 Å². The number of hydrogen-bond donors (Lipinski definition) is 2. The molecule has 0 spiro atoms. The topological polar surface area (TPSA) is 55.1 Å². The van der Waals surface area contributed by atoms with Gasteiger partial charge in [0.15, 0.2) is 11.6 Å². The van der Waals surface area contributed by atoms with Gasteiger partial charge < -0.3 is 11.1 Å². The number of nitrogens with two attached hydrogens (primary N) is 1. The Balaban J connectivity index is 2.28. The summed E-state index contributed by atoms with van der Waals surface area (Å²) in [5.74, 6) is -3.08. The van der Waals surface area contributed by atoms with Crippen molar-refractivity contribution in [3.63, 3.8) is 0 Å². The lowest BCUT2D eigenvalue weighted by Crippen LogP contribution is -2.37. The highest BCUT2D eigenvalue weighted by Gasteiger charge is 2.21. The summed E-state index contributed by atoms with van der Waals surface area (Å²) in [6.45, 7) is 0. The van der Waals surface area contributed by atoms with Crippen molar-refractivity contribution < 1.29 is 13.6 Å². The molecule has 2 aromatic carbocycles. The highest BCUT2D eigenvalue weighted by atomic mass is 32.1. The predicted molar refractivity (Wildman–Crippen MR) is 79.8 cm³/mol. The van der Waals surface area contributed by atoms with Crippen LogP contribution in [0.4, 0.5) is 8.78 Å². The molecule has 1 unspecified atom stereocenters. The number of benzene rings is 2. The molecule has 6 heteroatoms. The molecule has 0 fully saturated rings. The Kier molecular flexibility index (Phi) is 4.59. The number of amides is 1. The molecule has 0 aliphatic rings. The Morgan fingerprint density at radius 1 is 1.10 bits per heavy atom. The van der Waals surface area contributed by atoms with Gasteiger partial charge in [-0.2, -0.15) is 0 Å². The van der Waals surface area contributed by atoms with Gasteiger partial charge in [0, 0.05) is 0 Å². The van der Waals surface area contributed by atoms with Crippen LogP contribution in [-0.2, 0) is 0 Å². The number of hydrogen-bond acceptors (Lipinski definition) is 2. The van der Waals surface area contributed by atoms with Crippen molar-refractivity contribution in [3.05, 3.63) is 71.3 Å². The molecule has 0 saturated heterocycles. The van der Waals surface area contributed by atoms with Crippen LogP contribution in [0.3, 0.4) is 0 Å². The van der Waals surface area contributed by atoms with E-state index in [-0.39, 0.29) is 4.99 Å². The second-order valence-electron chi connectivity index (χ2n) is 4.32. The third kappa shape index (κ3) is 3.41. The molecule has 2 rings (SSSR count). The van der Waals surface area contributed by atoms with Gasteiger partial charge in [-0.1, -0.05) is 48.6 Å². The molecule has 1 atom stereocenters. The Morgan fingerprint density at radius 3 is 2.38 bits per heavy atom. The van der Waals surface area contributed by atoms with Crippen LogP contribution in [0.1, 0.15) is 22.0 Å². The van der Waals surface area contributed by atoms with Crippen LogP contribution in [0.25, 0.3) is 0 Å². The minimum absolute atomic E-state index is 0.0337. The Bertz CT molecular complexity index is 677. The van der Waals surface area contributed by atoms with E-state index in [1.54, 1.807) is 30.3 Å². The van der Waals surface area contributed by atoms with Crippen molar-refractivity contribution in [3.8, 4) is 0 Å². The molecule has 108 valence electrons. The number of carbonyl (C=O) groups is 1. The van der Waals surface area contributed by atoms with Gasteiger partial charge in [0.2, 0.25) is 0 Å². The van der Waals surface area contributed by atoms with E-state index in [2.05, 4.69) is 5.32 Å². The summed E-state index contributed by atoms with van der Waals surface area (Å²) in [5, 5.41) is 2.51. The van der Waals surface area contributed by atoms with Gasteiger partial charge in [0.25, 0.3) is 5.91 Å². The second kappa shape index (κ2) is 6.41. The lowest BCUT2D eigenvalue weighted by atomic mass is 10.1. The zero-order valence-corrected chi connectivity index (χ0v) is 11.7. The van der Waals surface area contributed by atoms with Gasteiger partial charge in [-0.3, -0.25) is 4.79 Å². The summed E-state index contributed by atoms with van der Waals surface area (Å²) in [6.07, 6.45) is 0. The highest BCUT2D eigenvalue weighted by molar-refractivity contribution is 7.80. The quantitative estimate of drug-likeness (QED) is 0.854. The van der Waals surface area contributed by atoms with Crippen LogP contribution in [0.5, 0.6) is 0 Å². The fourth-order valence-electron chi connectivity index (χ4n) is 1.85. The van der Waals surface area contributed by atoms with E-state index in [0.717, 1.165) is 6.07 Å². The summed E-state index contributed by atoms with van der Waals surface area (Å²) in [7, 11) is 0. The van der Waals surface area contributed by atoms with Crippen molar-refractivity contribution in [1.82, 2.24) is 5.32 Å². The van der Waals surface area contributed by atoms with Gasteiger partial charge >= 0.3 is 0 Å². The second-order valence-corrected chi connectivity index (χ2v) is 4.79. The van der Waals surface area contributed by atoms with Crippen molar-refractivity contribution in [1.29, 1.82) is 0 Å². The summed E-state index contributed by atoms with van der Waals surface area (Å²) in [4.78, 5) is 12.1. The summed E-state index contributed by atoms with van der Waals surface area (Å²) < 4.78 is 26.8. The van der Waals surface area contributed by atoms with Gasteiger partial charge in [-0.25, -0.2) is 8.78 Å². The smallest absolute Gasteiger partial charge is 0.255 e. The maximum atomic E-state index is 13.6. The molecule has 1 amide bonds. The van der Waals surface area contributed by atoms with Crippen molar-refractivity contribution in [2.45, 2.75) is 6.04 Å². The molecular formula is C15H12F2N2OS. The largest absolute Gasteiger partial charge is 0.391 e. The normalized spacial score (nSPS) is 11.7. The number of halogens is 2. The van der Waals surface area contributed by atoms with E-state index in [4.69, 9.17) is 18.0 Å². The van der Waals surface area contributed by atoms with Crippen LogP contribution in [0.2, 0.25) is 0 Å². The fraction of sp³-hybridized carbons (Fsp3) is 0.0667. The van der Waals surface area contributed by atoms with E-state index >= 15 is 0 Å². The van der Waals surface area contributed by atoms with Crippen molar-refractivity contribution in [2.75, 3.05) is 0 Å². The molecule has 3 N–H and O–H groups in total. The summed E-state index contributed by atoms with van der Waals surface area (Å²) in [5.41, 5.74) is 5.88. The molecule has 0 aromatic heterocycles. The van der Waals surface area contributed by atoms with Crippen LogP contribution < -0.4 is 11.1 Å². The predicted octanol–water partition coefficient (Wildman–Crippen LogP) is 2.72. The van der Waals surface area contributed by atoms with E-state index in [9.17, 15) is 13.6 Å². The molecular weight excluding hydrogens is 294 g/mol. The number of carbonyl (C=O) groups excluding carboxylic acids is 1. The fourth-order valence-corrected chi connectivity index (χ4v) is 2.05. The third-order valence-electron chi connectivity index (χ3n) is 2.89. The first-order valence-corrected chi connectivity index (χ1v) is 6.50. The molecule has 0 aliphatic carbocycles. The third-order valence-corrected chi connectivity index (χ3v) is 3.12. The Labute approximate surface area is 125 Å². The Hall–Kier alpha value is -2.34. The van der Waals surface area contributed by atoms with Crippen LogP contribution in [0, 0.1) is 11.6 Å². The standard InChI is InChI=1S/C15H12F2N2OS/c16-11-8-4-7-10(12(11)17)15(20)19-13(14(18)21)9-5-2-1-3-6-9/h1-8,13H,(H2,18,21)(H,19,20). The molecule has 2 aromatic rings. The number of thiocarbonyl (C=S) groups is 1. The number of nitrogens with one attached hydrogen (secondary N) is 1. The molecule has 0 heterocycles. The zero-order chi connectivity index (χ0) is 15.4. The molecule has 0 aliphatic heterocycles. The lowest BCUT2D eigenvalue weighted by Gasteiger charge is -2.18. The van der Waals surface area contributed by atoms with E-state index in [0.29, 0.717) is 5.56 Å². The van der Waals surface area contributed by atoms with Gasteiger partial charge in [0.1, 0.15) is 11.0 Å². The first-order valence-electron chi connectivity index (χ1n) is 6.10. The summed E-state index contributed by atoms with van der Waals surface area (Å²) in [6, 6.07) is 11.4. The van der Waals surface area contributed by atoms with Gasteiger partial charge in [-0.15, -0.1) is 0 Å². The van der Waals surface area contributed by atoms with Gasteiger partial charge in [0.05, 0.1) is 5.56 Å². The van der Waals surface area contributed by atoms with Crippen molar-refractivity contribution in [2.24, 2.45) is 5.73 Å². The molecule has 21 heavy (non-hydrogen) atoms. The molecule has 3 nitrogen and oxygen atoms in total. The monoisotopic (exact) mass is 306 g/mol. The minimum atomic E-state index is -1.20. The van der Waals surface area contributed by atoms with E-state index in [1.807, 2.05) is 0 Å². The molecule has 0 bridgehead atoms. The van der Waals surface area contributed by atoms with Crippen LogP contribution in [0.15, 0.2) is 48.5 Å². The lowest BCUT2D eigenvalue weighted by molar-refractivity contribution is 0.0941.